The second kappa shape index (κ2) is 4.31. The lowest BCUT2D eigenvalue weighted by molar-refractivity contribution is 0.0870. The zero-order chi connectivity index (χ0) is 12.6. The van der Waals surface area contributed by atoms with E-state index in [1.807, 2.05) is 6.92 Å². The molecule has 0 spiro atoms. The Balaban J connectivity index is 2.54. The summed E-state index contributed by atoms with van der Waals surface area (Å²) in [5.41, 5.74) is 0.175. The predicted molar refractivity (Wildman–Crippen MR) is 64.6 cm³/mol. The Morgan fingerprint density at radius 1 is 1.35 bits per heavy atom. The van der Waals surface area contributed by atoms with Gasteiger partial charge in [0.2, 0.25) is 0 Å². The Morgan fingerprint density at radius 2 is 2.06 bits per heavy atom. The number of hydrogen-bond acceptors (Lipinski definition) is 3. The topological polar surface area (TPSA) is 54.5 Å². The van der Waals surface area contributed by atoms with Crippen LogP contribution in [0.3, 0.4) is 0 Å². The molecule has 0 saturated heterocycles. The predicted octanol–water partition coefficient (Wildman–Crippen LogP) is 2.28. The Hall–Kier alpha value is -1.07. The number of rotatable bonds is 3. The van der Waals surface area contributed by atoms with Gasteiger partial charge in [0.05, 0.1) is 10.6 Å². The third-order valence-electron chi connectivity index (χ3n) is 2.69. The average molecular weight is 274 g/mol. The SMILES string of the molecule is CCCCN1C(=O)c2cccc(Cl)c2S1(=O)=O. The number of fused-ring (bicyclic) bond motifs is 1. The maximum Gasteiger partial charge on any atom is 0.269 e. The lowest BCUT2D eigenvalue weighted by Crippen LogP contribution is -2.30. The number of sulfonamides is 1. The zero-order valence-corrected chi connectivity index (χ0v) is 10.9. The van der Waals surface area contributed by atoms with Crippen LogP contribution in [0.5, 0.6) is 0 Å². The summed E-state index contributed by atoms with van der Waals surface area (Å²) in [6.45, 7) is 2.15. The number of benzene rings is 1. The highest BCUT2D eigenvalue weighted by atomic mass is 35.5. The van der Waals surface area contributed by atoms with Gasteiger partial charge < -0.3 is 0 Å². The van der Waals surface area contributed by atoms with Crippen LogP contribution in [0.2, 0.25) is 5.02 Å². The lowest BCUT2D eigenvalue weighted by atomic mass is 10.2. The Kier molecular flexibility index (Phi) is 3.14. The van der Waals surface area contributed by atoms with Crippen molar-refractivity contribution in [2.45, 2.75) is 24.7 Å². The number of amides is 1. The number of nitrogens with zero attached hydrogens (tertiary/aromatic N) is 1. The molecule has 6 heteroatoms. The summed E-state index contributed by atoms with van der Waals surface area (Å²) in [7, 11) is -3.75. The highest BCUT2D eigenvalue weighted by Crippen LogP contribution is 2.35. The van der Waals surface area contributed by atoms with Crippen molar-refractivity contribution >= 4 is 27.5 Å². The molecule has 0 unspecified atom stereocenters. The second-order valence-electron chi connectivity index (χ2n) is 3.85. The van der Waals surface area contributed by atoms with Crippen molar-refractivity contribution in [2.75, 3.05) is 6.54 Å². The van der Waals surface area contributed by atoms with E-state index in [0.29, 0.717) is 6.42 Å². The maximum atomic E-state index is 12.1. The van der Waals surface area contributed by atoms with Crippen molar-refractivity contribution in [3.05, 3.63) is 28.8 Å². The molecule has 17 heavy (non-hydrogen) atoms. The van der Waals surface area contributed by atoms with Crippen molar-refractivity contribution in [1.29, 1.82) is 0 Å². The lowest BCUT2D eigenvalue weighted by Gasteiger charge is -2.14. The van der Waals surface area contributed by atoms with E-state index in [0.717, 1.165) is 10.7 Å². The first-order valence-electron chi connectivity index (χ1n) is 5.35. The van der Waals surface area contributed by atoms with Crippen LogP contribution in [0.1, 0.15) is 30.1 Å². The molecule has 1 heterocycles. The fraction of sp³-hybridized carbons (Fsp3) is 0.364. The first-order chi connectivity index (χ1) is 8.00. The molecule has 1 amide bonds. The van der Waals surface area contributed by atoms with Gasteiger partial charge in [-0.1, -0.05) is 31.0 Å². The standard InChI is InChI=1S/C11H12ClNO3S/c1-2-3-7-13-11(14)8-5-4-6-9(12)10(8)17(13,15)16/h4-6H,2-3,7H2,1H3. The summed E-state index contributed by atoms with van der Waals surface area (Å²) in [4.78, 5) is 11.9. The van der Waals surface area contributed by atoms with Gasteiger partial charge in [-0.05, 0) is 18.6 Å². The molecule has 4 nitrogen and oxygen atoms in total. The Labute approximate surface area is 105 Å². The summed E-state index contributed by atoms with van der Waals surface area (Å²) in [5.74, 6) is -0.476. The molecular weight excluding hydrogens is 262 g/mol. The van der Waals surface area contributed by atoms with Gasteiger partial charge in [-0.15, -0.1) is 0 Å². The molecule has 0 N–H and O–H groups in total. The molecule has 92 valence electrons. The maximum absolute atomic E-state index is 12.1. The van der Waals surface area contributed by atoms with Gasteiger partial charge in [0.25, 0.3) is 15.9 Å². The first kappa shape index (κ1) is 12.4. The fourth-order valence-corrected chi connectivity index (χ4v) is 3.94. The minimum atomic E-state index is -3.75. The normalized spacial score (nSPS) is 17.3. The van der Waals surface area contributed by atoms with Crippen molar-refractivity contribution in [3.8, 4) is 0 Å². The van der Waals surface area contributed by atoms with Crippen LogP contribution in [0, 0.1) is 0 Å². The first-order valence-corrected chi connectivity index (χ1v) is 7.17. The molecule has 1 aliphatic rings. The number of carbonyl (C=O) groups is 1. The number of hydrogen-bond donors (Lipinski definition) is 0. The van der Waals surface area contributed by atoms with Crippen LogP contribution in [0.4, 0.5) is 0 Å². The highest BCUT2D eigenvalue weighted by molar-refractivity contribution is 7.90. The number of halogens is 1. The van der Waals surface area contributed by atoms with Crippen molar-refractivity contribution in [3.63, 3.8) is 0 Å². The molecule has 0 atom stereocenters. The fourth-order valence-electron chi connectivity index (χ4n) is 1.82. The molecule has 0 saturated carbocycles. The van der Waals surface area contributed by atoms with E-state index in [1.54, 1.807) is 6.07 Å². The van der Waals surface area contributed by atoms with Crippen LogP contribution >= 0.6 is 11.6 Å². The quantitative estimate of drug-likeness (QED) is 0.849. The van der Waals surface area contributed by atoms with E-state index in [4.69, 9.17) is 11.6 Å². The third kappa shape index (κ3) is 1.83. The van der Waals surface area contributed by atoms with E-state index < -0.39 is 15.9 Å². The van der Waals surface area contributed by atoms with E-state index in [2.05, 4.69) is 0 Å². The van der Waals surface area contributed by atoms with Crippen LogP contribution < -0.4 is 0 Å². The number of unbranched alkanes of at least 4 members (excludes halogenated alkanes) is 1. The van der Waals surface area contributed by atoms with E-state index >= 15 is 0 Å². The van der Waals surface area contributed by atoms with Crippen molar-refractivity contribution in [2.24, 2.45) is 0 Å². The van der Waals surface area contributed by atoms with Gasteiger partial charge in [-0.25, -0.2) is 12.7 Å². The molecule has 0 fully saturated rings. The van der Waals surface area contributed by atoms with Crippen molar-refractivity contribution < 1.29 is 13.2 Å². The minimum Gasteiger partial charge on any atom is -0.268 e. The minimum absolute atomic E-state index is 0.0530. The number of carbonyl (C=O) groups excluding carboxylic acids is 1. The molecule has 1 aliphatic heterocycles. The summed E-state index contributed by atoms with van der Waals surface area (Å²) in [5, 5.41) is 0.106. The van der Waals surface area contributed by atoms with Crippen LogP contribution in [0.25, 0.3) is 0 Å². The van der Waals surface area contributed by atoms with Crippen LogP contribution in [-0.4, -0.2) is 25.2 Å². The smallest absolute Gasteiger partial charge is 0.268 e. The molecule has 0 aliphatic carbocycles. The Bertz CT molecular complexity index is 568. The Morgan fingerprint density at radius 3 is 2.65 bits per heavy atom. The van der Waals surface area contributed by atoms with Crippen LogP contribution in [0.15, 0.2) is 23.1 Å². The molecule has 0 radical (unpaired) electrons. The largest absolute Gasteiger partial charge is 0.269 e. The molecular formula is C11H12ClNO3S. The monoisotopic (exact) mass is 273 g/mol. The molecule has 1 aromatic carbocycles. The molecule has 1 aromatic rings. The van der Waals surface area contributed by atoms with E-state index in [1.165, 1.54) is 12.1 Å². The molecule has 2 rings (SSSR count). The van der Waals surface area contributed by atoms with Gasteiger partial charge in [-0.3, -0.25) is 4.79 Å². The summed E-state index contributed by atoms with van der Waals surface area (Å²) >= 11 is 5.86. The third-order valence-corrected chi connectivity index (χ3v) is 5.00. The highest BCUT2D eigenvalue weighted by Gasteiger charge is 2.42. The molecule has 0 aromatic heterocycles. The summed E-state index contributed by atoms with van der Waals surface area (Å²) in [6.07, 6.45) is 1.47. The second-order valence-corrected chi connectivity index (χ2v) is 6.06. The van der Waals surface area contributed by atoms with Gasteiger partial charge in [0, 0.05) is 6.54 Å². The van der Waals surface area contributed by atoms with Gasteiger partial charge in [0.15, 0.2) is 0 Å². The summed E-state index contributed by atoms with van der Waals surface area (Å²) in [6, 6.07) is 4.56. The van der Waals surface area contributed by atoms with E-state index in [-0.39, 0.29) is 22.0 Å². The van der Waals surface area contributed by atoms with Gasteiger partial charge in [0.1, 0.15) is 4.90 Å². The molecule has 0 bridgehead atoms. The van der Waals surface area contributed by atoms with E-state index in [9.17, 15) is 13.2 Å². The zero-order valence-electron chi connectivity index (χ0n) is 9.31. The summed E-state index contributed by atoms with van der Waals surface area (Å²) < 4.78 is 25.2. The average Bonchev–Trinajstić information content (AvgIpc) is 2.46. The van der Waals surface area contributed by atoms with Crippen LogP contribution in [-0.2, 0) is 10.0 Å². The van der Waals surface area contributed by atoms with Gasteiger partial charge in [-0.2, -0.15) is 0 Å². The van der Waals surface area contributed by atoms with Crippen molar-refractivity contribution in [1.82, 2.24) is 4.31 Å². The van der Waals surface area contributed by atoms with Gasteiger partial charge >= 0.3 is 0 Å².